The van der Waals surface area contributed by atoms with Crippen molar-refractivity contribution in [2.45, 2.75) is 26.5 Å². The molecule has 0 aliphatic carbocycles. The van der Waals surface area contributed by atoms with Gasteiger partial charge in [-0.3, -0.25) is 4.68 Å². The molecule has 1 heterocycles. The molecule has 0 fully saturated rings. The molecule has 1 atom stereocenters. The molecule has 1 aromatic rings. The number of nitrogens with zero attached hydrogens (tertiary/aromatic N) is 3. The Labute approximate surface area is 125 Å². The highest BCUT2D eigenvalue weighted by atomic mass is 35.5. The summed E-state index contributed by atoms with van der Waals surface area (Å²) in [5.41, 5.74) is 0.736. The highest BCUT2D eigenvalue weighted by Gasteiger charge is 2.18. The van der Waals surface area contributed by atoms with Gasteiger partial charge in [0.15, 0.2) is 0 Å². The minimum Gasteiger partial charge on any atom is -0.386 e. The van der Waals surface area contributed by atoms with Crippen LogP contribution in [0.25, 0.3) is 0 Å². The van der Waals surface area contributed by atoms with Crippen LogP contribution in [-0.2, 0) is 6.54 Å². The molecule has 19 heavy (non-hydrogen) atoms. The van der Waals surface area contributed by atoms with Gasteiger partial charge in [-0.2, -0.15) is 16.9 Å². The average Bonchev–Trinajstić information content (AvgIpc) is 2.67. The van der Waals surface area contributed by atoms with Gasteiger partial charge in [0.25, 0.3) is 0 Å². The Kier molecular flexibility index (Phi) is 7.21. The fourth-order valence-corrected chi connectivity index (χ4v) is 2.93. The Morgan fingerprint density at radius 2 is 2.11 bits per heavy atom. The molecular formula is C13H24ClN3OS. The second-order valence-corrected chi connectivity index (χ2v) is 6.83. The monoisotopic (exact) mass is 305 g/mol. The lowest BCUT2D eigenvalue weighted by atomic mass is 10.3. The molecule has 0 amide bonds. The fourth-order valence-electron chi connectivity index (χ4n) is 1.67. The zero-order valence-corrected chi connectivity index (χ0v) is 13.7. The van der Waals surface area contributed by atoms with Crippen LogP contribution in [0.1, 0.15) is 25.6 Å². The number of aliphatic hydroxyl groups excluding tert-OH is 1. The number of aromatic nitrogens is 2. The van der Waals surface area contributed by atoms with Gasteiger partial charge in [-0.1, -0.05) is 25.4 Å². The van der Waals surface area contributed by atoms with E-state index >= 15 is 0 Å². The van der Waals surface area contributed by atoms with E-state index in [1.165, 1.54) is 0 Å². The predicted molar refractivity (Wildman–Crippen MR) is 82.9 cm³/mol. The van der Waals surface area contributed by atoms with Crippen molar-refractivity contribution in [2.75, 3.05) is 32.1 Å². The Morgan fingerprint density at radius 1 is 1.42 bits per heavy atom. The van der Waals surface area contributed by atoms with Crippen LogP contribution in [0.5, 0.6) is 0 Å². The summed E-state index contributed by atoms with van der Waals surface area (Å²) >= 11 is 7.88. The number of halogens is 1. The van der Waals surface area contributed by atoms with Crippen LogP contribution < -0.4 is 0 Å². The average molecular weight is 306 g/mol. The lowest BCUT2D eigenvalue weighted by Crippen LogP contribution is -2.21. The van der Waals surface area contributed by atoms with E-state index in [0.717, 1.165) is 24.5 Å². The van der Waals surface area contributed by atoms with E-state index in [9.17, 15) is 5.11 Å². The zero-order valence-electron chi connectivity index (χ0n) is 12.1. The summed E-state index contributed by atoms with van der Waals surface area (Å²) in [6.07, 6.45) is 1.06. The number of rotatable bonds is 8. The summed E-state index contributed by atoms with van der Waals surface area (Å²) in [4.78, 5) is 2.08. The van der Waals surface area contributed by atoms with Crippen LogP contribution in [0.4, 0.5) is 0 Å². The molecule has 1 rings (SSSR count). The highest BCUT2D eigenvalue weighted by Crippen LogP contribution is 2.26. The van der Waals surface area contributed by atoms with Crippen molar-refractivity contribution in [3.8, 4) is 0 Å². The first-order chi connectivity index (χ1) is 8.91. The molecule has 1 aromatic heterocycles. The maximum atomic E-state index is 10.3. The topological polar surface area (TPSA) is 41.3 Å². The minimum atomic E-state index is -0.555. The van der Waals surface area contributed by atoms with Crippen LogP contribution >= 0.6 is 23.4 Å². The van der Waals surface area contributed by atoms with Crippen molar-refractivity contribution in [2.24, 2.45) is 5.92 Å². The summed E-state index contributed by atoms with van der Waals surface area (Å²) in [7, 11) is 4.03. The van der Waals surface area contributed by atoms with E-state index in [2.05, 4.69) is 23.8 Å². The molecule has 6 heteroatoms. The molecule has 4 nitrogen and oxygen atoms in total. The van der Waals surface area contributed by atoms with Crippen molar-refractivity contribution >= 4 is 23.4 Å². The third-order valence-electron chi connectivity index (χ3n) is 2.63. The lowest BCUT2D eigenvalue weighted by molar-refractivity contribution is 0.190. The van der Waals surface area contributed by atoms with Gasteiger partial charge in [0.2, 0.25) is 0 Å². The van der Waals surface area contributed by atoms with Crippen LogP contribution in [-0.4, -0.2) is 51.9 Å². The third-order valence-corrected chi connectivity index (χ3v) is 4.38. The smallest absolute Gasteiger partial charge is 0.106 e. The van der Waals surface area contributed by atoms with Crippen molar-refractivity contribution in [3.05, 3.63) is 16.9 Å². The normalized spacial score (nSPS) is 13.5. The Morgan fingerprint density at radius 3 is 2.68 bits per heavy atom. The number of hydrogen-bond acceptors (Lipinski definition) is 4. The highest BCUT2D eigenvalue weighted by molar-refractivity contribution is 7.99. The van der Waals surface area contributed by atoms with E-state index in [0.29, 0.717) is 16.7 Å². The molecule has 0 aliphatic rings. The molecule has 1 unspecified atom stereocenters. The van der Waals surface area contributed by atoms with Crippen LogP contribution in [0, 0.1) is 5.92 Å². The summed E-state index contributed by atoms with van der Waals surface area (Å²) in [5.74, 6) is 2.33. The Balaban J connectivity index is 2.61. The zero-order chi connectivity index (χ0) is 14.4. The van der Waals surface area contributed by atoms with E-state index < -0.39 is 6.10 Å². The molecule has 110 valence electrons. The molecule has 0 radical (unpaired) electrons. The third kappa shape index (κ3) is 5.73. The molecule has 1 N–H and O–H groups in total. The first kappa shape index (κ1) is 16.8. The van der Waals surface area contributed by atoms with Gasteiger partial charge in [0.1, 0.15) is 6.10 Å². The molecule has 0 aromatic carbocycles. The van der Waals surface area contributed by atoms with Crippen LogP contribution in [0.3, 0.4) is 0 Å². The standard InChI is InChI=1S/C13H24ClN3OS/c1-10(2)8-19-9-12(18)13-11(14)7-15-17(13)6-5-16(3)4/h7,10,12,18H,5-6,8-9H2,1-4H3. The Hall–Kier alpha value is -0.230. The summed E-state index contributed by atoms with van der Waals surface area (Å²) in [6, 6.07) is 0. The van der Waals surface area contributed by atoms with Crippen LogP contribution in [0.15, 0.2) is 6.20 Å². The van der Waals surface area contributed by atoms with Crippen molar-refractivity contribution in [1.29, 1.82) is 0 Å². The van der Waals surface area contributed by atoms with Gasteiger partial charge < -0.3 is 10.0 Å². The van der Waals surface area contributed by atoms with Gasteiger partial charge in [0.05, 0.1) is 23.5 Å². The molecule has 0 spiro atoms. The lowest BCUT2D eigenvalue weighted by Gasteiger charge is -2.16. The minimum absolute atomic E-state index is 0.552. The van der Waals surface area contributed by atoms with Gasteiger partial charge in [0, 0.05) is 12.3 Å². The molecule has 0 saturated heterocycles. The van der Waals surface area contributed by atoms with Gasteiger partial charge >= 0.3 is 0 Å². The summed E-state index contributed by atoms with van der Waals surface area (Å²) in [6.45, 7) is 5.96. The second-order valence-electron chi connectivity index (χ2n) is 5.35. The maximum absolute atomic E-state index is 10.3. The van der Waals surface area contributed by atoms with E-state index in [1.54, 1.807) is 18.0 Å². The van der Waals surface area contributed by atoms with Crippen molar-refractivity contribution in [1.82, 2.24) is 14.7 Å². The van der Waals surface area contributed by atoms with Crippen molar-refractivity contribution < 1.29 is 5.11 Å². The molecule has 0 aliphatic heterocycles. The van der Waals surface area contributed by atoms with Gasteiger partial charge in [-0.15, -0.1) is 0 Å². The van der Waals surface area contributed by atoms with E-state index in [1.807, 2.05) is 18.8 Å². The largest absolute Gasteiger partial charge is 0.386 e. The molecule has 0 bridgehead atoms. The van der Waals surface area contributed by atoms with E-state index in [-0.39, 0.29) is 0 Å². The van der Waals surface area contributed by atoms with E-state index in [4.69, 9.17) is 11.6 Å². The predicted octanol–water partition coefficient (Wildman–Crippen LogP) is 2.52. The second kappa shape index (κ2) is 8.15. The van der Waals surface area contributed by atoms with Gasteiger partial charge in [-0.25, -0.2) is 0 Å². The Bertz CT molecular complexity index is 382. The molecular weight excluding hydrogens is 282 g/mol. The number of hydrogen-bond donors (Lipinski definition) is 1. The fraction of sp³-hybridized carbons (Fsp3) is 0.769. The van der Waals surface area contributed by atoms with Crippen molar-refractivity contribution in [3.63, 3.8) is 0 Å². The first-order valence-corrected chi connectivity index (χ1v) is 8.06. The number of thioether (sulfide) groups is 1. The summed E-state index contributed by atoms with van der Waals surface area (Å²) in [5, 5.41) is 15.1. The number of likely N-dealkylation sites (N-methyl/N-ethyl adjacent to an activating group) is 1. The van der Waals surface area contributed by atoms with Crippen LogP contribution in [0.2, 0.25) is 5.02 Å². The summed E-state index contributed by atoms with van der Waals surface area (Å²) < 4.78 is 1.81. The quantitative estimate of drug-likeness (QED) is 0.801. The first-order valence-electron chi connectivity index (χ1n) is 6.53. The maximum Gasteiger partial charge on any atom is 0.106 e. The number of aliphatic hydroxyl groups is 1. The molecule has 0 saturated carbocycles. The van der Waals surface area contributed by atoms with Gasteiger partial charge in [-0.05, 0) is 25.8 Å². The SMILES string of the molecule is CC(C)CSCC(O)c1c(Cl)cnn1CCN(C)C.